The van der Waals surface area contributed by atoms with E-state index < -0.39 is 0 Å². The molecule has 1 amide bonds. The molecule has 3 aromatic heterocycles. The number of aromatic nitrogens is 6. The van der Waals surface area contributed by atoms with Crippen molar-refractivity contribution < 1.29 is 4.79 Å². The lowest BCUT2D eigenvalue weighted by Gasteiger charge is -2.23. The topological polar surface area (TPSA) is 81.2 Å². The Hall–Kier alpha value is -2.77. The summed E-state index contributed by atoms with van der Waals surface area (Å²) in [6, 6.07) is 4.02. The van der Waals surface area contributed by atoms with Crippen LogP contribution >= 0.6 is 0 Å². The van der Waals surface area contributed by atoms with Crippen molar-refractivity contribution in [2.24, 2.45) is 0 Å². The smallest absolute Gasteiger partial charge is 0.293 e. The molecule has 1 aliphatic heterocycles. The molecule has 0 spiro atoms. The van der Waals surface area contributed by atoms with Crippen molar-refractivity contribution in [1.82, 2.24) is 34.3 Å². The lowest BCUT2D eigenvalue weighted by atomic mass is 10.2. The molecule has 0 aliphatic carbocycles. The molecule has 4 heterocycles. The zero-order chi connectivity index (χ0) is 17.6. The van der Waals surface area contributed by atoms with Gasteiger partial charge >= 0.3 is 0 Å². The fourth-order valence-corrected chi connectivity index (χ4v) is 3.48. The lowest BCUT2D eigenvalue weighted by Crippen LogP contribution is -2.39. The fraction of sp³-hybridized carbons (Fsp3) is 0.471. The van der Waals surface area contributed by atoms with Gasteiger partial charge in [0.1, 0.15) is 0 Å². The maximum atomic E-state index is 12.9. The van der Waals surface area contributed by atoms with Crippen molar-refractivity contribution in [3.8, 4) is 0 Å². The summed E-state index contributed by atoms with van der Waals surface area (Å²) in [4.78, 5) is 23.3. The molecule has 8 nitrogen and oxygen atoms in total. The van der Waals surface area contributed by atoms with Gasteiger partial charge in [0.2, 0.25) is 5.82 Å². The molecule has 0 aromatic carbocycles. The Balaban J connectivity index is 1.59. The largest absolute Gasteiger partial charge is 0.331 e. The number of carbonyl (C=O) groups is 1. The van der Waals surface area contributed by atoms with Crippen LogP contribution in [0.1, 0.15) is 40.5 Å². The number of hydrogen-bond acceptors (Lipinski definition) is 5. The van der Waals surface area contributed by atoms with Crippen LogP contribution in [0.2, 0.25) is 0 Å². The molecule has 8 heteroatoms. The zero-order valence-corrected chi connectivity index (χ0v) is 14.7. The van der Waals surface area contributed by atoms with Gasteiger partial charge in [-0.15, -0.1) is 5.10 Å². The van der Waals surface area contributed by atoms with E-state index >= 15 is 0 Å². The van der Waals surface area contributed by atoms with E-state index in [-0.39, 0.29) is 17.8 Å². The van der Waals surface area contributed by atoms with E-state index in [4.69, 9.17) is 0 Å². The first-order valence-electron chi connectivity index (χ1n) is 8.53. The highest BCUT2D eigenvalue weighted by Gasteiger charge is 2.32. The van der Waals surface area contributed by atoms with Crippen molar-refractivity contribution in [2.45, 2.75) is 46.2 Å². The van der Waals surface area contributed by atoms with Crippen molar-refractivity contribution in [1.29, 1.82) is 0 Å². The number of amides is 1. The molecule has 25 heavy (non-hydrogen) atoms. The highest BCUT2D eigenvalue weighted by atomic mass is 16.2. The Kier molecular flexibility index (Phi) is 3.74. The third-order valence-corrected chi connectivity index (χ3v) is 4.75. The number of carbonyl (C=O) groups excluding carboxylic acids is 1. The van der Waals surface area contributed by atoms with Gasteiger partial charge in [0.05, 0.1) is 18.3 Å². The van der Waals surface area contributed by atoms with E-state index in [9.17, 15) is 4.79 Å². The van der Waals surface area contributed by atoms with Gasteiger partial charge < -0.3 is 4.90 Å². The van der Waals surface area contributed by atoms with E-state index in [1.54, 1.807) is 10.7 Å². The molecule has 0 N–H and O–H groups in total. The van der Waals surface area contributed by atoms with Crippen LogP contribution < -0.4 is 0 Å². The summed E-state index contributed by atoms with van der Waals surface area (Å²) in [5.41, 5.74) is 3.01. The lowest BCUT2D eigenvalue weighted by molar-refractivity contribution is 0.0709. The van der Waals surface area contributed by atoms with Crippen molar-refractivity contribution >= 4 is 11.7 Å². The van der Waals surface area contributed by atoms with E-state index in [2.05, 4.69) is 26.2 Å². The third kappa shape index (κ3) is 2.77. The van der Waals surface area contributed by atoms with Crippen LogP contribution in [0, 0.1) is 20.8 Å². The SMILES string of the molecule is Cc1cc(C)n(CC2CCCN2C(=O)c2nc3nccc(C)n3n2)n1. The highest BCUT2D eigenvalue weighted by Crippen LogP contribution is 2.21. The predicted octanol–water partition coefficient (Wildman–Crippen LogP) is 1.55. The van der Waals surface area contributed by atoms with Crippen LogP contribution in [-0.4, -0.2) is 52.8 Å². The molecule has 1 atom stereocenters. The number of likely N-dealkylation sites (tertiary alicyclic amines) is 1. The first kappa shape index (κ1) is 15.7. The molecule has 0 radical (unpaired) electrons. The van der Waals surface area contributed by atoms with E-state index in [0.29, 0.717) is 12.3 Å². The summed E-state index contributed by atoms with van der Waals surface area (Å²) >= 11 is 0. The standard InChI is InChI=1S/C17H21N7O/c1-11-9-13(3)23(20-11)10-14-5-4-8-22(14)16(25)15-19-17-18-7-6-12(2)24(17)21-15/h6-7,9,14H,4-5,8,10H2,1-3H3. The van der Waals surface area contributed by atoms with Gasteiger partial charge in [-0.2, -0.15) is 10.1 Å². The van der Waals surface area contributed by atoms with Gasteiger partial charge in [-0.25, -0.2) is 9.50 Å². The Labute approximate surface area is 145 Å². The van der Waals surface area contributed by atoms with Crippen LogP contribution in [-0.2, 0) is 6.54 Å². The average Bonchev–Trinajstić information content (AvgIpc) is 3.27. The van der Waals surface area contributed by atoms with Crippen molar-refractivity contribution in [3.63, 3.8) is 0 Å². The Morgan fingerprint density at radius 1 is 1.24 bits per heavy atom. The van der Waals surface area contributed by atoms with Gasteiger partial charge in [0, 0.05) is 24.1 Å². The molecule has 4 rings (SSSR count). The summed E-state index contributed by atoms with van der Waals surface area (Å²) in [6.07, 6.45) is 3.63. The minimum Gasteiger partial charge on any atom is -0.331 e. The summed E-state index contributed by atoms with van der Waals surface area (Å²) in [7, 11) is 0. The molecule has 3 aromatic rings. The van der Waals surface area contributed by atoms with Gasteiger partial charge in [0.25, 0.3) is 11.7 Å². The second kappa shape index (κ2) is 5.94. The molecule has 0 bridgehead atoms. The normalized spacial score (nSPS) is 17.6. The third-order valence-electron chi connectivity index (χ3n) is 4.75. The van der Waals surface area contributed by atoms with E-state index in [1.807, 2.05) is 36.4 Å². The quantitative estimate of drug-likeness (QED) is 0.723. The summed E-state index contributed by atoms with van der Waals surface area (Å²) in [5.74, 6) is 0.536. The number of aryl methyl sites for hydroxylation is 3. The number of fused-ring (bicyclic) bond motifs is 1. The molecule has 0 saturated carbocycles. The number of rotatable bonds is 3. The predicted molar refractivity (Wildman–Crippen MR) is 91.3 cm³/mol. The first-order chi connectivity index (χ1) is 12.0. The van der Waals surface area contributed by atoms with E-state index in [0.717, 1.165) is 36.5 Å². The van der Waals surface area contributed by atoms with Gasteiger partial charge in [-0.05, 0) is 45.7 Å². The second-order valence-corrected chi connectivity index (χ2v) is 6.64. The van der Waals surface area contributed by atoms with Crippen molar-refractivity contribution in [3.05, 3.63) is 41.2 Å². The Bertz CT molecular complexity index is 942. The maximum absolute atomic E-state index is 12.9. The van der Waals surface area contributed by atoms with Gasteiger partial charge in [-0.1, -0.05) is 0 Å². The Morgan fingerprint density at radius 2 is 2.08 bits per heavy atom. The molecule has 130 valence electrons. The number of nitrogens with zero attached hydrogens (tertiary/aromatic N) is 7. The molecule has 1 fully saturated rings. The molecular formula is C17H21N7O. The average molecular weight is 339 g/mol. The first-order valence-corrected chi connectivity index (χ1v) is 8.53. The second-order valence-electron chi connectivity index (χ2n) is 6.64. The fourth-order valence-electron chi connectivity index (χ4n) is 3.48. The van der Waals surface area contributed by atoms with Crippen LogP contribution in [0.3, 0.4) is 0 Å². The van der Waals surface area contributed by atoms with Crippen LogP contribution in [0.4, 0.5) is 0 Å². The van der Waals surface area contributed by atoms with Gasteiger partial charge in [-0.3, -0.25) is 9.48 Å². The van der Waals surface area contributed by atoms with Crippen LogP contribution in [0.15, 0.2) is 18.3 Å². The Morgan fingerprint density at radius 3 is 2.80 bits per heavy atom. The minimum absolute atomic E-state index is 0.117. The monoisotopic (exact) mass is 339 g/mol. The molecule has 1 aliphatic rings. The summed E-state index contributed by atoms with van der Waals surface area (Å²) < 4.78 is 3.59. The highest BCUT2D eigenvalue weighted by molar-refractivity contribution is 5.91. The number of hydrogen-bond donors (Lipinski definition) is 0. The van der Waals surface area contributed by atoms with Crippen molar-refractivity contribution in [2.75, 3.05) is 6.54 Å². The maximum Gasteiger partial charge on any atom is 0.293 e. The minimum atomic E-state index is -0.131. The summed E-state index contributed by atoms with van der Waals surface area (Å²) in [5, 5.41) is 8.87. The van der Waals surface area contributed by atoms with E-state index in [1.165, 1.54) is 0 Å². The molecular weight excluding hydrogens is 318 g/mol. The molecule has 1 unspecified atom stereocenters. The van der Waals surface area contributed by atoms with Crippen LogP contribution in [0.25, 0.3) is 5.78 Å². The molecule has 1 saturated heterocycles. The van der Waals surface area contributed by atoms with Crippen LogP contribution in [0.5, 0.6) is 0 Å². The van der Waals surface area contributed by atoms with Gasteiger partial charge in [0.15, 0.2) is 0 Å². The zero-order valence-electron chi connectivity index (χ0n) is 14.7. The summed E-state index contributed by atoms with van der Waals surface area (Å²) in [6.45, 7) is 7.37.